The molecule has 1 N–H and O–H groups in total. The first-order valence-electron chi connectivity index (χ1n) is 7.25. The Morgan fingerprint density at radius 3 is 2.73 bits per heavy atom. The monoisotopic (exact) mass is 320 g/mol. The van der Waals surface area contributed by atoms with Crippen molar-refractivity contribution in [3.05, 3.63) is 52.6 Å². The van der Waals surface area contributed by atoms with Crippen molar-refractivity contribution in [3.63, 3.8) is 0 Å². The lowest BCUT2D eigenvalue weighted by molar-refractivity contribution is 0.308. The quantitative estimate of drug-likeness (QED) is 0.940. The average Bonchev–Trinajstić information content (AvgIpc) is 2.85. The largest absolute Gasteiger partial charge is 0.350 e. The molecule has 4 nitrogen and oxygen atoms in total. The van der Waals surface area contributed by atoms with E-state index in [0.717, 1.165) is 24.1 Å². The number of likely N-dealkylation sites (N-methyl/N-ethyl adjacent to an activating group) is 1. The number of nitrogens with zero attached hydrogens (tertiary/aromatic N) is 3. The second-order valence-electron chi connectivity index (χ2n) is 5.72. The van der Waals surface area contributed by atoms with Gasteiger partial charge in [0.05, 0.1) is 11.1 Å². The van der Waals surface area contributed by atoms with Gasteiger partial charge in [-0.05, 0) is 43.7 Å². The summed E-state index contributed by atoms with van der Waals surface area (Å²) in [5, 5.41) is 3.51. The first-order valence-corrected chi connectivity index (χ1v) is 7.63. The van der Waals surface area contributed by atoms with E-state index in [4.69, 9.17) is 11.6 Å². The van der Waals surface area contributed by atoms with Crippen molar-refractivity contribution in [1.82, 2.24) is 14.9 Å². The van der Waals surface area contributed by atoms with Gasteiger partial charge in [0.1, 0.15) is 5.82 Å². The highest BCUT2D eigenvalue weighted by atomic mass is 35.5. The smallest absolute Gasteiger partial charge is 0.222 e. The van der Waals surface area contributed by atoms with Crippen molar-refractivity contribution >= 4 is 17.5 Å². The summed E-state index contributed by atoms with van der Waals surface area (Å²) in [6.07, 6.45) is 4.51. The van der Waals surface area contributed by atoms with Gasteiger partial charge >= 0.3 is 0 Å². The van der Waals surface area contributed by atoms with Crippen molar-refractivity contribution in [1.29, 1.82) is 0 Å². The average molecular weight is 321 g/mol. The van der Waals surface area contributed by atoms with Crippen molar-refractivity contribution in [2.75, 3.05) is 18.9 Å². The molecule has 0 amide bonds. The van der Waals surface area contributed by atoms with Gasteiger partial charge in [-0.1, -0.05) is 17.7 Å². The number of nitrogens with one attached hydrogen (secondary N) is 1. The van der Waals surface area contributed by atoms with Crippen LogP contribution in [0.5, 0.6) is 0 Å². The van der Waals surface area contributed by atoms with Gasteiger partial charge in [-0.15, -0.1) is 0 Å². The van der Waals surface area contributed by atoms with Crippen molar-refractivity contribution < 1.29 is 4.39 Å². The number of hydrogen-bond donors (Lipinski definition) is 1. The fourth-order valence-corrected chi connectivity index (χ4v) is 3.03. The highest BCUT2D eigenvalue weighted by Gasteiger charge is 2.33. The van der Waals surface area contributed by atoms with Crippen LogP contribution < -0.4 is 5.32 Å². The molecule has 0 aliphatic carbocycles. The van der Waals surface area contributed by atoms with Gasteiger partial charge in [0.25, 0.3) is 0 Å². The van der Waals surface area contributed by atoms with Crippen LogP contribution in [0.15, 0.2) is 30.6 Å². The van der Waals surface area contributed by atoms with Gasteiger partial charge in [0.2, 0.25) is 5.95 Å². The number of halogens is 2. The second-order valence-corrected chi connectivity index (χ2v) is 6.13. The Balaban J connectivity index is 1.84. The molecule has 116 valence electrons. The molecule has 1 aromatic heterocycles. The molecule has 3 rings (SSSR count). The number of anilines is 1. The number of aryl methyl sites for hydroxylation is 1. The SMILES string of the molecule is Cc1cnc(NC2CCN(C)C2c2ccc(Cl)c(F)c2)nc1. The van der Waals surface area contributed by atoms with Gasteiger partial charge in [-0.3, -0.25) is 4.90 Å². The summed E-state index contributed by atoms with van der Waals surface area (Å²) in [6, 6.07) is 5.20. The number of rotatable bonds is 3. The molecule has 1 aliphatic rings. The lowest BCUT2D eigenvalue weighted by atomic mass is 10.00. The topological polar surface area (TPSA) is 41.1 Å². The molecule has 22 heavy (non-hydrogen) atoms. The maximum atomic E-state index is 13.8. The van der Waals surface area contributed by atoms with Crippen LogP contribution in [-0.2, 0) is 0 Å². The predicted octanol–water partition coefficient (Wildman–Crippen LogP) is 3.43. The van der Waals surface area contributed by atoms with Gasteiger partial charge in [-0.2, -0.15) is 0 Å². The van der Waals surface area contributed by atoms with E-state index in [1.165, 1.54) is 6.07 Å². The molecule has 0 spiro atoms. The molecule has 0 bridgehead atoms. The van der Waals surface area contributed by atoms with Gasteiger partial charge in [0.15, 0.2) is 0 Å². The molecular weight excluding hydrogens is 303 g/mol. The standard InChI is InChI=1S/C16H18ClFN4/c1-10-8-19-16(20-9-10)21-14-5-6-22(2)15(14)11-3-4-12(17)13(18)7-11/h3-4,7-9,14-15H,5-6H2,1-2H3,(H,19,20,21). The Labute approximate surface area is 134 Å². The Bertz CT molecular complexity index is 662. The Morgan fingerprint density at radius 2 is 2.05 bits per heavy atom. The first-order chi connectivity index (χ1) is 10.5. The fraction of sp³-hybridized carbons (Fsp3) is 0.375. The molecule has 6 heteroatoms. The zero-order chi connectivity index (χ0) is 15.7. The third-order valence-electron chi connectivity index (χ3n) is 4.03. The number of hydrogen-bond acceptors (Lipinski definition) is 4. The van der Waals surface area contributed by atoms with Gasteiger partial charge in [0, 0.05) is 25.0 Å². The van der Waals surface area contributed by atoms with E-state index in [-0.39, 0.29) is 22.9 Å². The Morgan fingerprint density at radius 1 is 1.32 bits per heavy atom. The molecule has 0 radical (unpaired) electrons. The van der Waals surface area contributed by atoms with Crippen LogP contribution in [-0.4, -0.2) is 34.5 Å². The molecule has 1 aromatic carbocycles. The lowest BCUT2D eigenvalue weighted by Crippen LogP contribution is -2.29. The minimum absolute atomic E-state index is 0.0664. The summed E-state index contributed by atoms with van der Waals surface area (Å²) in [7, 11) is 2.04. The Kier molecular flexibility index (Phi) is 4.27. The summed E-state index contributed by atoms with van der Waals surface area (Å²) in [4.78, 5) is 10.8. The lowest BCUT2D eigenvalue weighted by Gasteiger charge is -2.26. The summed E-state index contributed by atoms with van der Waals surface area (Å²) in [6.45, 7) is 2.88. The summed E-state index contributed by atoms with van der Waals surface area (Å²) in [5.41, 5.74) is 1.93. The van der Waals surface area contributed by atoms with Gasteiger partial charge < -0.3 is 5.32 Å². The number of likely N-dealkylation sites (tertiary alicyclic amines) is 1. The van der Waals surface area contributed by atoms with Crippen LogP contribution in [0.4, 0.5) is 10.3 Å². The van der Waals surface area contributed by atoms with Crippen LogP contribution in [0.1, 0.15) is 23.6 Å². The minimum Gasteiger partial charge on any atom is -0.350 e. The highest BCUT2D eigenvalue weighted by Crippen LogP contribution is 2.33. The van der Waals surface area contributed by atoms with Crippen molar-refractivity contribution in [2.45, 2.75) is 25.4 Å². The van der Waals surface area contributed by atoms with E-state index >= 15 is 0 Å². The summed E-state index contributed by atoms with van der Waals surface area (Å²) < 4.78 is 13.8. The van der Waals surface area contributed by atoms with Crippen molar-refractivity contribution in [2.24, 2.45) is 0 Å². The molecule has 2 atom stereocenters. The molecule has 2 aromatic rings. The van der Waals surface area contributed by atoms with Crippen LogP contribution >= 0.6 is 11.6 Å². The maximum absolute atomic E-state index is 13.8. The van der Waals surface area contributed by atoms with Crippen LogP contribution in [0.3, 0.4) is 0 Å². The van der Waals surface area contributed by atoms with E-state index in [9.17, 15) is 4.39 Å². The van der Waals surface area contributed by atoms with E-state index in [0.29, 0.717) is 5.95 Å². The van der Waals surface area contributed by atoms with Gasteiger partial charge in [-0.25, -0.2) is 14.4 Å². The van der Waals surface area contributed by atoms with E-state index in [1.54, 1.807) is 18.5 Å². The normalized spacial score (nSPS) is 22.0. The number of aromatic nitrogens is 2. The van der Waals surface area contributed by atoms with Crippen LogP contribution in [0.2, 0.25) is 5.02 Å². The summed E-state index contributed by atoms with van der Waals surface area (Å²) >= 11 is 5.78. The molecule has 2 unspecified atom stereocenters. The second kappa shape index (κ2) is 6.18. The molecule has 2 heterocycles. The van der Waals surface area contributed by atoms with E-state index in [2.05, 4.69) is 20.2 Å². The maximum Gasteiger partial charge on any atom is 0.222 e. The van der Waals surface area contributed by atoms with Crippen LogP contribution in [0, 0.1) is 12.7 Å². The number of benzene rings is 1. The predicted molar refractivity (Wildman–Crippen MR) is 85.6 cm³/mol. The molecule has 0 saturated carbocycles. The zero-order valence-corrected chi connectivity index (χ0v) is 13.3. The Hall–Kier alpha value is -1.72. The third kappa shape index (κ3) is 3.05. The van der Waals surface area contributed by atoms with E-state index < -0.39 is 0 Å². The highest BCUT2D eigenvalue weighted by molar-refractivity contribution is 6.30. The zero-order valence-electron chi connectivity index (χ0n) is 12.6. The summed E-state index contributed by atoms with van der Waals surface area (Å²) in [5.74, 6) is 0.218. The van der Waals surface area contributed by atoms with Crippen LogP contribution in [0.25, 0.3) is 0 Å². The molecular formula is C16H18ClFN4. The van der Waals surface area contributed by atoms with E-state index in [1.807, 2.05) is 20.0 Å². The molecule has 1 saturated heterocycles. The molecule has 1 aliphatic heterocycles. The fourth-order valence-electron chi connectivity index (χ4n) is 2.91. The first kappa shape index (κ1) is 15.2. The molecule has 1 fully saturated rings. The van der Waals surface area contributed by atoms with Crippen molar-refractivity contribution in [3.8, 4) is 0 Å². The minimum atomic E-state index is -0.384. The third-order valence-corrected chi connectivity index (χ3v) is 4.34.